The lowest BCUT2D eigenvalue weighted by molar-refractivity contribution is -0.130. The minimum atomic E-state index is -0.261. The summed E-state index contributed by atoms with van der Waals surface area (Å²) < 4.78 is 0. The zero-order chi connectivity index (χ0) is 19.1. The lowest BCUT2D eigenvalue weighted by Crippen LogP contribution is -2.49. The molecule has 26 heavy (non-hydrogen) atoms. The summed E-state index contributed by atoms with van der Waals surface area (Å²) in [6.07, 6.45) is 3.62. The molecule has 0 aromatic heterocycles. The SMILES string of the molecule is CN(C)C(=O)N1C[C@@H]2C[C@](C)(NCC(=O)N3CCC[C@H]3C#N)C[C@]2(C)C1. The number of carbonyl (C=O) groups excluding carboxylic acids is 2. The number of nitriles is 1. The van der Waals surface area contributed by atoms with Crippen LogP contribution in [0, 0.1) is 22.7 Å². The van der Waals surface area contributed by atoms with Crippen LogP contribution in [0.15, 0.2) is 0 Å². The van der Waals surface area contributed by atoms with Crippen LogP contribution in [0.25, 0.3) is 0 Å². The van der Waals surface area contributed by atoms with Crippen molar-refractivity contribution in [2.75, 3.05) is 40.3 Å². The van der Waals surface area contributed by atoms with E-state index in [1.165, 1.54) is 0 Å². The molecule has 0 unspecified atom stereocenters. The van der Waals surface area contributed by atoms with Gasteiger partial charge in [0.1, 0.15) is 6.04 Å². The first-order valence-corrected chi connectivity index (χ1v) is 9.58. The highest BCUT2D eigenvalue weighted by Gasteiger charge is 2.55. The number of hydrogen-bond acceptors (Lipinski definition) is 4. The minimum absolute atomic E-state index is 0.0295. The van der Waals surface area contributed by atoms with Gasteiger partial charge in [0.25, 0.3) is 0 Å². The van der Waals surface area contributed by atoms with Crippen LogP contribution in [0.5, 0.6) is 0 Å². The number of nitrogens with one attached hydrogen (secondary N) is 1. The maximum Gasteiger partial charge on any atom is 0.319 e. The van der Waals surface area contributed by atoms with Crippen LogP contribution >= 0.6 is 0 Å². The van der Waals surface area contributed by atoms with Crippen LogP contribution in [0.4, 0.5) is 4.79 Å². The number of likely N-dealkylation sites (tertiary alicyclic amines) is 2. The van der Waals surface area contributed by atoms with Crippen molar-refractivity contribution in [1.82, 2.24) is 20.0 Å². The molecule has 2 aliphatic heterocycles. The highest BCUT2D eigenvalue weighted by Crippen LogP contribution is 2.52. The molecule has 1 saturated carbocycles. The van der Waals surface area contributed by atoms with Crippen molar-refractivity contribution in [3.8, 4) is 6.07 Å². The fraction of sp³-hybridized carbons (Fsp3) is 0.842. The quantitative estimate of drug-likeness (QED) is 0.821. The molecule has 3 fully saturated rings. The van der Waals surface area contributed by atoms with Crippen molar-refractivity contribution in [3.63, 3.8) is 0 Å². The summed E-state index contributed by atoms with van der Waals surface area (Å²) in [7, 11) is 3.59. The average molecular weight is 361 g/mol. The third kappa shape index (κ3) is 3.39. The van der Waals surface area contributed by atoms with Gasteiger partial charge >= 0.3 is 6.03 Å². The molecule has 3 aliphatic rings. The smallest absolute Gasteiger partial charge is 0.319 e. The molecule has 0 aromatic carbocycles. The van der Waals surface area contributed by atoms with Gasteiger partial charge in [-0.2, -0.15) is 5.26 Å². The normalized spacial score (nSPS) is 36.1. The first-order valence-electron chi connectivity index (χ1n) is 9.58. The summed E-state index contributed by atoms with van der Waals surface area (Å²) in [5.41, 5.74) is 0.00347. The number of rotatable bonds is 3. The summed E-state index contributed by atoms with van der Waals surface area (Å²) in [5.74, 6) is 0.486. The monoisotopic (exact) mass is 361 g/mol. The molecule has 2 saturated heterocycles. The molecule has 0 spiro atoms. The fourth-order valence-electron chi connectivity index (χ4n) is 5.29. The number of hydrogen-bond donors (Lipinski definition) is 1. The average Bonchev–Trinajstić information content (AvgIpc) is 3.22. The van der Waals surface area contributed by atoms with Gasteiger partial charge < -0.3 is 20.0 Å². The standard InChI is InChI=1S/C19H31N5O2/c1-18-12-19(2,8-14(18)11-23(13-18)17(26)22(3)4)21-10-16(25)24-7-5-6-15(24)9-20/h14-15,21H,5-8,10-13H2,1-4H3/t14-,15-,18+,19-/m0/s1. The van der Waals surface area contributed by atoms with E-state index in [0.29, 0.717) is 12.5 Å². The number of fused-ring (bicyclic) bond motifs is 1. The second kappa shape index (κ2) is 6.73. The van der Waals surface area contributed by atoms with E-state index >= 15 is 0 Å². The van der Waals surface area contributed by atoms with E-state index in [1.54, 1.807) is 23.9 Å². The Morgan fingerprint density at radius 2 is 2.08 bits per heavy atom. The van der Waals surface area contributed by atoms with Gasteiger partial charge in [0, 0.05) is 39.3 Å². The Balaban J connectivity index is 1.56. The first kappa shape index (κ1) is 19.0. The van der Waals surface area contributed by atoms with Gasteiger partial charge in [0.15, 0.2) is 0 Å². The van der Waals surface area contributed by atoms with E-state index in [4.69, 9.17) is 5.26 Å². The van der Waals surface area contributed by atoms with Crippen molar-refractivity contribution < 1.29 is 9.59 Å². The Morgan fingerprint density at radius 1 is 1.35 bits per heavy atom. The predicted octanol–water partition coefficient (Wildman–Crippen LogP) is 1.26. The van der Waals surface area contributed by atoms with Crippen LogP contribution in [-0.4, -0.2) is 78.5 Å². The summed E-state index contributed by atoms with van der Waals surface area (Å²) in [6.45, 7) is 7.01. The van der Waals surface area contributed by atoms with Gasteiger partial charge in [-0.25, -0.2) is 4.79 Å². The predicted molar refractivity (Wildman–Crippen MR) is 98.2 cm³/mol. The van der Waals surface area contributed by atoms with Crippen molar-refractivity contribution in [1.29, 1.82) is 5.26 Å². The molecular formula is C19H31N5O2. The molecule has 7 heteroatoms. The maximum absolute atomic E-state index is 12.5. The lowest BCUT2D eigenvalue weighted by atomic mass is 9.82. The van der Waals surface area contributed by atoms with Gasteiger partial charge in [-0.3, -0.25) is 4.79 Å². The Kier molecular flexibility index (Phi) is 4.91. The highest BCUT2D eigenvalue weighted by molar-refractivity contribution is 5.79. The molecule has 144 valence electrons. The van der Waals surface area contributed by atoms with E-state index in [2.05, 4.69) is 25.2 Å². The lowest BCUT2D eigenvalue weighted by Gasteiger charge is -2.32. The fourth-order valence-corrected chi connectivity index (χ4v) is 5.29. The van der Waals surface area contributed by atoms with Crippen LogP contribution in [0.1, 0.15) is 39.5 Å². The molecule has 0 bridgehead atoms. The molecule has 1 N–H and O–H groups in total. The summed E-state index contributed by atoms with van der Waals surface area (Å²) in [5, 5.41) is 12.7. The number of amides is 3. The second-order valence-electron chi connectivity index (χ2n) is 9.08. The van der Waals surface area contributed by atoms with Crippen LogP contribution in [0.2, 0.25) is 0 Å². The zero-order valence-corrected chi connectivity index (χ0v) is 16.4. The topological polar surface area (TPSA) is 79.7 Å². The molecule has 3 amide bonds. The summed E-state index contributed by atoms with van der Waals surface area (Å²) >= 11 is 0. The van der Waals surface area contributed by atoms with E-state index < -0.39 is 0 Å². The highest BCUT2D eigenvalue weighted by atomic mass is 16.2. The van der Waals surface area contributed by atoms with Gasteiger partial charge in [-0.05, 0) is 43.9 Å². The van der Waals surface area contributed by atoms with Crippen LogP contribution in [0.3, 0.4) is 0 Å². The molecule has 7 nitrogen and oxygen atoms in total. The van der Waals surface area contributed by atoms with Gasteiger partial charge in [0.2, 0.25) is 5.91 Å². The number of carbonyl (C=O) groups is 2. The third-order valence-electron chi connectivity index (χ3n) is 6.51. The van der Waals surface area contributed by atoms with Crippen molar-refractivity contribution in [2.24, 2.45) is 11.3 Å². The molecule has 2 heterocycles. The molecular weight excluding hydrogens is 330 g/mol. The molecule has 1 aliphatic carbocycles. The Morgan fingerprint density at radius 3 is 2.69 bits per heavy atom. The second-order valence-corrected chi connectivity index (χ2v) is 9.08. The zero-order valence-electron chi connectivity index (χ0n) is 16.4. The largest absolute Gasteiger partial charge is 0.331 e. The Labute approximate surface area is 156 Å². The Hall–Kier alpha value is -1.81. The molecule has 0 aromatic rings. The number of urea groups is 1. The summed E-state index contributed by atoms with van der Waals surface area (Å²) in [6, 6.07) is 2.06. The third-order valence-corrected chi connectivity index (χ3v) is 6.51. The van der Waals surface area contributed by atoms with Crippen molar-refractivity contribution in [2.45, 2.75) is 51.1 Å². The van der Waals surface area contributed by atoms with Gasteiger partial charge in [0.05, 0.1) is 12.6 Å². The first-order chi connectivity index (χ1) is 12.2. The van der Waals surface area contributed by atoms with Gasteiger partial charge in [-0.15, -0.1) is 0 Å². The summed E-state index contributed by atoms with van der Waals surface area (Å²) in [4.78, 5) is 30.1. The van der Waals surface area contributed by atoms with Crippen LogP contribution in [-0.2, 0) is 4.79 Å². The van der Waals surface area contributed by atoms with Gasteiger partial charge in [-0.1, -0.05) is 6.92 Å². The maximum atomic E-state index is 12.5. The molecule has 0 radical (unpaired) electrons. The minimum Gasteiger partial charge on any atom is -0.331 e. The van der Waals surface area contributed by atoms with E-state index in [9.17, 15) is 9.59 Å². The van der Waals surface area contributed by atoms with E-state index in [0.717, 1.165) is 38.8 Å². The Bertz CT molecular complexity index is 630. The molecule has 3 rings (SSSR count). The van der Waals surface area contributed by atoms with E-state index in [1.807, 2.05) is 4.90 Å². The molecule has 4 atom stereocenters. The van der Waals surface area contributed by atoms with Crippen LogP contribution < -0.4 is 5.32 Å². The van der Waals surface area contributed by atoms with Crippen molar-refractivity contribution >= 4 is 11.9 Å². The number of nitrogens with zero attached hydrogens (tertiary/aromatic N) is 4. The van der Waals surface area contributed by atoms with E-state index in [-0.39, 0.29) is 35.5 Å². The van der Waals surface area contributed by atoms with Crippen molar-refractivity contribution in [3.05, 3.63) is 0 Å².